The minimum Gasteiger partial charge on any atom is -0.487 e. The molecule has 0 radical (unpaired) electrons. The normalized spacial score (nSPS) is 11.9. The second-order valence-electron chi connectivity index (χ2n) is 8.67. The van der Waals surface area contributed by atoms with Crippen LogP contribution in [0.1, 0.15) is 33.5 Å². The molecular formula is C29H22Cl3F3N2O2. The monoisotopic (exact) mass is 592 g/mol. The number of rotatable bonds is 9. The summed E-state index contributed by atoms with van der Waals surface area (Å²) < 4.78 is 44.5. The molecular weight excluding hydrogens is 572 g/mol. The van der Waals surface area contributed by atoms with E-state index in [-0.39, 0.29) is 24.7 Å². The molecule has 0 bridgehead atoms. The van der Waals surface area contributed by atoms with Gasteiger partial charge in [-0.1, -0.05) is 88.0 Å². The summed E-state index contributed by atoms with van der Waals surface area (Å²) in [6, 6.07) is 20.9. The third-order valence-electron chi connectivity index (χ3n) is 5.71. The van der Waals surface area contributed by atoms with Crippen molar-refractivity contribution < 1.29 is 22.7 Å². The topological polar surface area (TPSA) is 43.7 Å². The lowest BCUT2D eigenvalue weighted by atomic mass is 10.1. The van der Waals surface area contributed by atoms with Gasteiger partial charge in [0.15, 0.2) is 0 Å². The average Bonchev–Trinajstić information content (AvgIpc) is 2.89. The Bertz CT molecular complexity index is 1460. The van der Waals surface area contributed by atoms with E-state index in [0.29, 0.717) is 27.2 Å². The van der Waals surface area contributed by atoms with E-state index in [0.717, 1.165) is 34.5 Å². The number of pyridine rings is 1. The zero-order valence-electron chi connectivity index (χ0n) is 20.6. The molecule has 4 aromatic rings. The number of aryl methyl sites for hydroxylation is 1. The lowest BCUT2D eigenvalue weighted by molar-refractivity contribution is -0.137. The van der Waals surface area contributed by atoms with Crippen LogP contribution in [0, 0.1) is 6.92 Å². The van der Waals surface area contributed by atoms with Crippen molar-refractivity contribution in [3.8, 4) is 5.75 Å². The third-order valence-corrected chi connectivity index (χ3v) is 6.62. The van der Waals surface area contributed by atoms with Crippen LogP contribution in [-0.4, -0.2) is 17.3 Å². The standard InChI is InChI=1S/C29H22Cl3F3N2O2/c1-18-2-6-20(7-3-18)28(37-39-16-21-8-9-23(30)14-25(21)31)17-38-24-10-4-19(5-11-24)12-27-26(32)13-22(15-36-27)29(33,34)35/h2-11,13-15H,12,16-17H2,1H3/b37-28+. The first-order valence-electron chi connectivity index (χ1n) is 11.7. The molecule has 0 aliphatic rings. The first kappa shape index (κ1) is 28.7. The summed E-state index contributed by atoms with van der Waals surface area (Å²) in [6.45, 7) is 2.27. The molecule has 10 heteroatoms. The number of oxime groups is 1. The molecule has 1 aromatic heterocycles. The van der Waals surface area contributed by atoms with Gasteiger partial charge in [0.1, 0.15) is 24.7 Å². The number of hydrogen-bond donors (Lipinski definition) is 0. The fourth-order valence-electron chi connectivity index (χ4n) is 3.53. The van der Waals surface area contributed by atoms with Crippen LogP contribution in [0.4, 0.5) is 13.2 Å². The maximum absolute atomic E-state index is 12.9. The highest BCUT2D eigenvalue weighted by molar-refractivity contribution is 6.35. The molecule has 4 nitrogen and oxygen atoms in total. The highest BCUT2D eigenvalue weighted by Gasteiger charge is 2.31. The second-order valence-corrected chi connectivity index (χ2v) is 9.92. The van der Waals surface area contributed by atoms with E-state index in [4.69, 9.17) is 44.4 Å². The Morgan fingerprint density at radius 2 is 1.62 bits per heavy atom. The van der Waals surface area contributed by atoms with E-state index in [1.54, 1.807) is 42.5 Å². The Hall–Kier alpha value is -3.26. The van der Waals surface area contributed by atoms with E-state index >= 15 is 0 Å². The highest BCUT2D eigenvalue weighted by Crippen LogP contribution is 2.31. The van der Waals surface area contributed by atoms with E-state index in [2.05, 4.69) is 10.1 Å². The zero-order valence-corrected chi connectivity index (χ0v) is 22.9. The predicted molar refractivity (Wildman–Crippen MR) is 148 cm³/mol. The molecule has 3 aromatic carbocycles. The maximum Gasteiger partial charge on any atom is 0.417 e. The van der Waals surface area contributed by atoms with Crippen molar-refractivity contribution in [3.05, 3.63) is 128 Å². The smallest absolute Gasteiger partial charge is 0.417 e. The van der Waals surface area contributed by atoms with Crippen molar-refractivity contribution in [1.82, 2.24) is 4.98 Å². The molecule has 0 atom stereocenters. The molecule has 0 saturated heterocycles. The Balaban J connectivity index is 1.42. The van der Waals surface area contributed by atoms with Gasteiger partial charge in [0.2, 0.25) is 0 Å². The molecule has 0 N–H and O–H groups in total. The maximum atomic E-state index is 12.9. The van der Waals surface area contributed by atoms with Gasteiger partial charge < -0.3 is 9.57 Å². The Labute approximate surface area is 238 Å². The first-order chi connectivity index (χ1) is 18.6. The predicted octanol–water partition coefficient (Wildman–Crippen LogP) is 8.96. The molecule has 202 valence electrons. The van der Waals surface area contributed by atoms with E-state index in [9.17, 15) is 13.2 Å². The van der Waals surface area contributed by atoms with Gasteiger partial charge in [0.05, 0.1) is 16.3 Å². The summed E-state index contributed by atoms with van der Waals surface area (Å²) in [4.78, 5) is 9.49. The molecule has 0 unspecified atom stereocenters. The summed E-state index contributed by atoms with van der Waals surface area (Å²) in [5.74, 6) is 0.575. The van der Waals surface area contributed by atoms with Crippen LogP contribution in [-0.2, 0) is 24.0 Å². The van der Waals surface area contributed by atoms with Gasteiger partial charge in [-0.05, 0) is 42.8 Å². The van der Waals surface area contributed by atoms with Crippen LogP contribution in [0.25, 0.3) is 0 Å². The Kier molecular flexibility index (Phi) is 9.38. The summed E-state index contributed by atoms with van der Waals surface area (Å²) >= 11 is 18.2. The third kappa shape index (κ3) is 8.12. The Morgan fingerprint density at radius 1 is 0.897 bits per heavy atom. The minimum absolute atomic E-state index is 0.0380. The average molecular weight is 594 g/mol. The van der Waals surface area contributed by atoms with Crippen LogP contribution < -0.4 is 4.74 Å². The summed E-state index contributed by atoms with van der Waals surface area (Å²) in [7, 11) is 0. The lowest BCUT2D eigenvalue weighted by Gasteiger charge is -2.12. The van der Waals surface area contributed by atoms with Gasteiger partial charge in [-0.15, -0.1) is 0 Å². The van der Waals surface area contributed by atoms with Gasteiger partial charge in [0.25, 0.3) is 0 Å². The van der Waals surface area contributed by atoms with Crippen LogP contribution in [0.15, 0.2) is 84.1 Å². The number of hydrogen-bond acceptors (Lipinski definition) is 4. The van der Waals surface area contributed by atoms with Gasteiger partial charge >= 0.3 is 6.18 Å². The summed E-state index contributed by atoms with van der Waals surface area (Å²) in [5.41, 5.74) is 3.54. The van der Waals surface area contributed by atoms with Gasteiger partial charge in [-0.2, -0.15) is 13.2 Å². The van der Waals surface area contributed by atoms with Crippen molar-refractivity contribution in [2.75, 3.05) is 6.61 Å². The second kappa shape index (κ2) is 12.7. The molecule has 0 fully saturated rings. The molecule has 4 rings (SSSR count). The lowest BCUT2D eigenvalue weighted by Crippen LogP contribution is -2.14. The minimum atomic E-state index is -4.50. The number of halogens is 6. The fraction of sp³-hybridized carbons (Fsp3) is 0.172. The first-order valence-corrected chi connectivity index (χ1v) is 12.8. The largest absolute Gasteiger partial charge is 0.487 e. The van der Waals surface area contributed by atoms with Crippen molar-refractivity contribution in [1.29, 1.82) is 0 Å². The van der Waals surface area contributed by atoms with Crippen molar-refractivity contribution in [2.24, 2.45) is 5.16 Å². The highest BCUT2D eigenvalue weighted by atomic mass is 35.5. The number of benzene rings is 3. The number of aromatic nitrogens is 1. The van der Waals surface area contributed by atoms with Crippen molar-refractivity contribution >= 4 is 40.5 Å². The van der Waals surface area contributed by atoms with Gasteiger partial charge in [0, 0.05) is 33.8 Å². The van der Waals surface area contributed by atoms with Crippen LogP contribution in [0.5, 0.6) is 5.75 Å². The van der Waals surface area contributed by atoms with Crippen molar-refractivity contribution in [2.45, 2.75) is 26.1 Å². The molecule has 0 saturated carbocycles. The van der Waals surface area contributed by atoms with E-state index < -0.39 is 11.7 Å². The quantitative estimate of drug-likeness (QED) is 0.144. The zero-order chi connectivity index (χ0) is 28.0. The Morgan fingerprint density at radius 3 is 2.26 bits per heavy atom. The van der Waals surface area contributed by atoms with Crippen LogP contribution in [0.2, 0.25) is 15.1 Å². The van der Waals surface area contributed by atoms with Crippen molar-refractivity contribution in [3.63, 3.8) is 0 Å². The van der Waals surface area contributed by atoms with E-state index in [1.165, 1.54) is 0 Å². The summed E-state index contributed by atoms with van der Waals surface area (Å²) in [6.07, 6.45) is -3.44. The van der Waals surface area contributed by atoms with Crippen LogP contribution in [0.3, 0.4) is 0 Å². The summed E-state index contributed by atoms with van der Waals surface area (Å²) in [5, 5.41) is 5.28. The molecule has 39 heavy (non-hydrogen) atoms. The SMILES string of the molecule is Cc1ccc(/C(COc2ccc(Cc3ncc(C(F)(F)F)cc3Cl)cc2)=N/OCc2ccc(Cl)cc2Cl)cc1. The molecule has 1 heterocycles. The van der Waals surface area contributed by atoms with Gasteiger partial charge in [-0.3, -0.25) is 4.98 Å². The number of ether oxygens (including phenoxy) is 1. The molecule has 0 aliphatic heterocycles. The van der Waals surface area contributed by atoms with Crippen LogP contribution >= 0.6 is 34.8 Å². The van der Waals surface area contributed by atoms with E-state index in [1.807, 2.05) is 31.2 Å². The number of nitrogens with zero attached hydrogens (tertiary/aromatic N) is 2. The fourth-order valence-corrected chi connectivity index (χ4v) is 4.22. The molecule has 0 spiro atoms. The molecule has 0 amide bonds. The molecule has 0 aliphatic carbocycles. The number of alkyl halides is 3. The van der Waals surface area contributed by atoms with Gasteiger partial charge in [-0.25, -0.2) is 0 Å².